The molecule has 0 aromatic carbocycles. The molecule has 2 aliphatic rings. The van der Waals surface area contributed by atoms with Crippen molar-refractivity contribution in [2.24, 2.45) is 10.8 Å². The van der Waals surface area contributed by atoms with Crippen molar-refractivity contribution in [2.75, 3.05) is 14.2 Å². The molecule has 0 bridgehead atoms. The van der Waals surface area contributed by atoms with Crippen molar-refractivity contribution in [3.8, 4) is 0 Å². The maximum absolute atomic E-state index is 13.1. The van der Waals surface area contributed by atoms with Gasteiger partial charge < -0.3 is 9.64 Å². The number of nitrogens with zero attached hydrogens (tertiary/aromatic N) is 1. The molecule has 1 amide bonds. The van der Waals surface area contributed by atoms with Gasteiger partial charge in [0.1, 0.15) is 0 Å². The minimum absolute atomic E-state index is 0.128. The van der Waals surface area contributed by atoms with E-state index in [1.54, 1.807) is 7.11 Å². The van der Waals surface area contributed by atoms with E-state index < -0.39 is 0 Å². The monoisotopic (exact) mass is 293 g/mol. The second-order valence-corrected chi connectivity index (χ2v) is 7.02. The van der Waals surface area contributed by atoms with Gasteiger partial charge in [-0.05, 0) is 57.3 Å². The predicted molar refractivity (Wildman–Crippen MR) is 85.9 cm³/mol. The summed E-state index contributed by atoms with van der Waals surface area (Å²) in [6.07, 6.45) is 9.96. The second-order valence-electron chi connectivity index (χ2n) is 7.02. The lowest BCUT2D eigenvalue weighted by Gasteiger charge is -2.53. The molecule has 3 heteroatoms. The van der Waals surface area contributed by atoms with Gasteiger partial charge in [-0.1, -0.05) is 19.9 Å². The Hall–Kier alpha value is -0.830. The van der Waals surface area contributed by atoms with Gasteiger partial charge in [0.2, 0.25) is 5.91 Å². The summed E-state index contributed by atoms with van der Waals surface area (Å²) in [6.45, 7) is 6.58. The lowest BCUT2D eigenvalue weighted by Crippen LogP contribution is -2.54. The molecule has 3 nitrogen and oxygen atoms in total. The summed E-state index contributed by atoms with van der Waals surface area (Å²) in [6, 6.07) is 0. The first-order valence-electron chi connectivity index (χ1n) is 8.44. The van der Waals surface area contributed by atoms with Crippen LogP contribution in [0.25, 0.3) is 0 Å². The lowest BCUT2D eigenvalue weighted by molar-refractivity contribution is -0.153. The molecule has 1 saturated carbocycles. The Morgan fingerprint density at radius 2 is 1.95 bits per heavy atom. The zero-order valence-electron chi connectivity index (χ0n) is 14.4. The van der Waals surface area contributed by atoms with E-state index in [1.165, 1.54) is 5.70 Å². The van der Waals surface area contributed by atoms with E-state index in [2.05, 4.69) is 26.8 Å². The van der Waals surface area contributed by atoms with Crippen LogP contribution in [0.2, 0.25) is 0 Å². The summed E-state index contributed by atoms with van der Waals surface area (Å²) < 4.78 is 5.52. The molecule has 0 radical (unpaired) electrons. The SMILES string of the molecule is CCC1=CCC(C)(C2(CC)CCC(OC)CC2)C(=O)N1C. The number of amides is 1. The maximum atomic E-state index is 13.1. The van der Waals surface area contributed by atoms with Crippen LogP contribution in [-0.2, 0) is 9.53 Å². The highest BCUT2D eigenvalue weighted by Crippen LogP contribution is 2.56. The van der Waals surface area contributed by atoms with Crippen molar-refractivity contribution >= 4 is 5.91 Å². The van der Waals surface area contributed by atoms with Gasteiger partial charge in [0.15, 0.2) is 0 Å². The molecule has 0 aromatic heterocycles. The Bertz CT molecular complexity index is 421. The zero-order chi connectivity index (χ0) is 15.7. The van der Waals surface area contributed by atoms with Crippen LogP contribution in [0, 0.1) is 10.8 Å². The van der Waals surface area contributed by atoms with Gasteiger partial charge in [-0.2, -0.15) is 0 Å². The first-order valence-corrected chi connectivity index (χ1v) is 8.44. The average molecular weight is 293 g/mol. The predicted octanol–water partition coefficient (Wildman–Crippen LogP) is 4.13. The Labute approximate surface area is 129 Å². The van der Waals surface area contributed by atoms with E-state index in [0.717, 1.165) is 44.9 Å². The minimum Gasteiger partial charge on any atom is -0.381 e. The summed E-state index contributed by atoms with van der Waals surface area (Å²) in [4.78, 5) is 15.0. The van der Waals surface area contributed by atoms with Gasteiger partial charge >= 0.3 is 0 Å². The van der Waals surface area contributed by atoms with Crippen LogP contribution in [0.1, 0.15) is 65.7 Å². The van der Waals surface area contributed by atoms with Gasteiger partial charge in [-0.15, -0.1) is 0 Å². The quantitative estimate of drug-likeness (QED) is 0.780. The summed E-state index contributed by atoms with van der Waals surface area (Å²) >= 11 is 0. The number of methoxy groups -OCH3 is 1. The number of hydrogen-bond donors (Lipinski definition) is 0. The smallest absolute Gasteiger partial charge is 0.233 e. The Morgan fingerprint density at radius 1 is 1.33 bits per heavy atom. The van der Waals surface area contributed by atoms with Crippen LogP contribution in [0.3, 0.4) is 0 Å². The standard InChI is InChI=1S/C18H31NO2/c1-6-14-8-11-17(3,16(20)19(14)4)18(7-2)12-9-15(21-5)10-13-18/h8,15H,6-7,9-13H2,1-5H3. The van der Waals surface area contributed by atoms with E-state index in [0.29, 0.717) is 12.0 Å². The van der Waals surface area contributed by atoms with Crippen molar-refractivity contribution in [3.63, 3.8) is 0 Å². The van der Waals surface area contributed by atoms with E-state index in [1.807, 2.05) is 11.9 Å². The zero-order valence-corrected chi connectivity index (χ0v) is 14.4. The summed E-state index contributed by atoms with van der Waals surface area (Å²) in [5, 5.41) is 0. The average Bonchev–Trinajstić information content (AvgIpc) is 2.53. The molecule has 0 spiro atoms. The fourth-order valence-corrected chi connectivity index (χ4v) is 4.55. The highest BCUT2D eigenvalue weighted by Gasteiger charge is 2.54. The first kappa shape index (κ1) is 16.5. The number of rotatable bonds is 4. The molecule has 120 valence electrons. The Kier molecular flexibility index (Phi) is 4.82. The van der Waals surface area contributed by atoms with E-state index in [-0.39, 0.29) is 10.8 Å². The van der Waals surface area contributed by atoms with Crippen molar-refractivity contribution in [3.05, 3.63) is 11.8 Å². The summed E-state index contributed by atoms with van der Waals surface area (Å²) in [5.41, 5.74) is 1.05. The van der Waals surface area contributed by atoms with E-state index >= 15 is 0 Å². The summed E-state index contributed by atoms with van der Waals surface area (Å²) in [5.74, 6) is 0.319. The first-order chi connectivity index (χ1) is 9.94. The van der Waals surface area contributed by atoms with Gasteiger partial charge in [0.25, 0.3) is 0 Å². The van der Waals surface area contributed by atoms with Crippen LogP contribution in [0.5, 0.6) is 0 Å². The molecule has 0 aromatic rings. The molecule has 0 N–H and O–H groups in total. The molecule has 0 saturated heterocycles. The third kappa shape index (κ3) is 2.54. The topological polar surface area (TPSA) is 29.5 Å². The highest BCUT2D eigenvalue weighted by molar-refractivity contribution is 5.86. The van der Waals surface area contributed by atoms with Gasteiger partial charge in [0, 0.05) is 19.9 Å². The number of carbonyl (C=O) groups is 1. The molecule has 1 fully saturated rings. The molecule has 1 heterocycles. The number of ether oxygens (including phenoxy) is 1. The molecular weight excluding hydrogens is 262 g/mol. The van der Waals surface area contributed by atoms with Crippen molar-refractivity contribution < 1.29 is 9.53 Å². The maximum Gasteiger partial charge on any atom is 0.233 e. The van der Waals surface area contributed by atoms with Gasteiger partial charge in [-0.3, -0.25) is 4.79 Å². The van der Waals surface area contributed by atoms with Crippen molar-refractivity contribution in [1.29, 1.82) is 0 Å². The molecule has 2 rings (SSSR count). The minimum atomic E-state index is -0.256. The molecule has 1 aliphatic heterocycles. The number of carbonyl (C=O) groups excluding carboxylic acids is 1. The van der Waals surface area contributed by atoms with E-state index in [4.69, 9.17) is 4.74 Å². The second kappa shape index (κ2) is 6.12. The molecule has 1 atom stereocenters. The van der Waals surface area contributed by atoms with Gasteiger partial charge in [0.05, 0.1) is 11.5 Å². The van der Waals surface area contributed by atoms with Crippen LogP contribution >= 0.6 is 0 Å². The van der Waals surface area contributed by atoms with Gasteiger partial charge in [-0.25, -0.2) is 0 Å². The summed E-state index contributed by atoms with van der Waals surface area (Å²) in [7, 11) is 3.75. The fraction of sp³-hybridized carbons (Fsp3) is 0.833. The third-order valence-corrected chi connectivity index (χ3v) is 6.39. The van der Waals surface area contributed by atoms with Crippen LogP contribution in [0.15, 0.2) is 11.8 Å². The fourth-order valence-electron chi connectivity index (χ4n) is 4.55. The van der Waals surface area contributed by atoms with Crippen LogP contribution < -0.4 is 0 Å². The largest absolute Gasteiger partial charge is 0.381 e. The number of allylic oxidation sites excluding steroid dienone is 2. The lowest BCUT2D eigenvalue weighted by atomic mass is 9.53. The Morgan fingerprint density at radius 3 is 2.43 bits per heavy atom. The van der Waals surface area contributed by atoms with Crippen molar-refractivity contribution in [1.82, 2.24) is 4.90 Å². The van der Waals surface area contributed by atoms with Crippen molar-refractivity contribution in [2.45, 2.75) is 71.8 Å². The van der Waals surface area contributed by atoms with Crippen LogP contribution in [0.4, 0.5) is 0 Å². The molecule has 21 heavy (non-hydrogen) atoms. The van der Waals surface area contributed by atoms with Crippen LogP contribution in [-0.4, -0.2) is 31.1 Å². The number of hydrogen-bond acceptors (Lipinski definition) is 2. The third-order valence-electron chi connectivity index (χ3n) is 6.39. The normalized spacial score (nSPS) is 37.6. The molecule has 1 unspecified atom stereocenters. The highest BCUT2D eigenvalue weighted by atomic mass is 16.5. The molecular formula is C18H31NO2. The Balaban J connectivity index is 2.29. The van der Waals surface area contributed by atoms with E-state index in [9.17, 15) is 4.79 Å². The molecule has 1 aliphatic carbocycles.